The maximum absolute atomic E-state index is 12.6. The number of ether oxygens (including phenoxy) is 1. The van der Waals surface area contributed by atoms with Gasteiger partial charge in [-0.25, -0.2) is 4.98 Å². The Morgan fingerprint density at radius 2 is 2.17 bits per heavy atom. The topological polar surface area (TPSA) is 64.4 Å². The van der Waals surface area contributed by atoms with Crippen LogP contribution in [-0.4, -0.2) is 47.2 Å². The van der Waals surface area contributed by atoms with Crippen molar-refractivity contribution in [3.8, 4) is 0 Å². The van der Waals surface area contributed by atoms with E-state index in [0.29, 0.717) is 18.5 Å². The third-order valence-electron chi connectivity index (χ3n) is 4.18. The number of likely N-dealkylation sites (N-methyl/N-ethyl adjacent to an activating group) is 1. The van der Waals surface area contributed by atoms with Gasteiger partial charge in [-0.2, -0.15) is 0 Å². The van der Waals surface area contributed by atoms with Crippen LogP contribution in [0.15, 0.2) is 11.1 Å². The summed E-state index contributed by atoms with van der Waals surface area (Å²) in [6.07, 6.45) is 1.80. The minimum Gasteiger partial charge on any atom is -0.383 e. The molecule has 2 aromatic rings. The Bertz CT molecular complexity index is 766. The molecule has 2 aromatic heterocycles. The van der Waals surface area contributed by atoms with Crippen molar-refractivity contribution in [1.82, 2.24) is 14.5 Å². The van der Waals surface area contributed by atoms with E-state index in [4.69, 9.17) is 4.74 Å². The highest BCUT2D eigenvalue weighted by Gasteiger charge is 2.17. The van der Waals surface area contributed by atoms with E-state index in [1.54, 1.807) is 19.1 Å². The van der Waals surface area contributed by atoms with E-state index in [1.807, 2.05) is 20.8 Å². The summed E-state index contributed by atoms with van der Waals surface area (Å²) < 4.78 is 6.58. The maximum Gasteiger partial charge on any atom is 0.262 e. The Kier molecular flexibility index (Phi) is 5.54. The highest BCUT2D eigenvalue weighted by molar-refractivity contribution is 7.18. The van der Waals surface area contributed by atoms with Gasteiger partial charge in [-0.1, -0.05) is 0 Å². The summed E-state index contributed by atoms with van der Waals surface area (Å²) in [5.74, 6) is -0.0141. The molecule has 23 heavy (non-hydrogen) atoms. The predicted molar refractivity (Wildman–Crippen MR) is 92.1 cm³/mol. The van der Waals surface area contributed by atoms with Crippen molar-refractivity contribution in [2.45, 2.75) is 39.8 Å². The summed E-state index contributed by atoms with van der Waals surface area (Å²) in [5, 5.41) is 0.670. The van der Waals surface area contributed by atoms with Gasteiger partial charge in [0.25, 0.3) is 5.56 Å². The normalized spacial score (nSPS) is 12.6. The molecule has 0 saturated heterocycles. The third-order valence-corrected chi connectivity index (χ3v) is 5.30. The second-order valence-corrected chi connectivity index (χ2v) is 6.97. The highest BCUT2D eigenvalue weighted by Crippen LogP contribution is 2.25. The zero-order chi connectivity index (χ0) is 17.1. The van der Waals surface area contributed by atoms with Gasteiger partial charge in [0.2, 0.25) is 5.91 Å². The molecule has 0 aliphatic rings. The molecule has 2 rings (SSSR count). The Hall–Kier alpha value is -1.73. The molecule has 1 atom stereocenters. The van der Waals surface area contributed by atoms with E-state index in [0.717, 1.165) is 15.3 Å². The second-order valence-electron chi connectivity index (χ2n) is 5.77. The van der Waals surface area contributed by atoms with E-state index in [-0.39, 0.29) is 23.9 Å². The number of rotatable bonds is 6. The lowest BCUT2D eigenvalue weighted by molar-refractivity contribution is -0.132. The van der Waals surface area contributed by atoms with E-state index in [1.165, 1.54) is 22.2 Å². The summed E-state index contributed by atoms with van der Waals surface area (Å²) >= 11 is 1.53. The molecule has 126 valence electrons. The van der Waals surface area contributed by atoms with Gasteiger partial charge in [-0.15, -0.1) is 11.3 Å². The van der Waals surface area contributed by atoms with Crippen LogP contribution in [0.1, 0.15) is 23.8 Å². The van der Waals surface area contributed by atoms with Crippen LogP contribution in [0.25, 0.3) is 10.2 Å². The van der Waals surface area contributed by atoms with Gasteiger partial charge in [0.05, 0.1) is 24.4 Å². The first-order chi connectivity index (χ1) is 10.9. The van der Waals surface area contributed by atoms with E-state index < -0.39 is 0 Å². The molecule has 0 unspecified atom stereocenters. The number of aromatic nitrogens is 2. The van der Waals surface area contributed by atoms with Crippen LogP contribution < -0.4 is 5.56 Å². The lowest BCUT2D eigenvalue weighted by atomic mass is 10.2. The van der Waals surface area contributed by atoms with Crippen LogP contribution in [0.3, 0.4) is 0 Å². The third kappa shape index (κ3) is 3.61. The smallest absolute Gasteiger partial charge is 0.262 e. The first kappa shape index (κ1) is 17.6. The molecule has 0 aliphatic carbocycles. The van der Waals surface area contributed by atoms with Gasteiger partial charge in [0, 0.05) is 32.0 Å². The van der Waals surface area contributed by atoms with Gasteiger partial charge in [0.15, 0.2) is 0 Å². The molecule has 0 fully saturated rings. The fourth-order valence-corrected chi connectivity index (χ4v) is 3.41. The second kappa shape index (κ2) is 7.23. The van der Waals surface area contributed by atoms with E-state index in [2.05, 4.69) is 4.98 Å². The average molecular weight is 337 g/mol. The predicted octanol–water partition coefficient (Wildman–Crippen LogP) is 1.96. The zero-order valence-electron chi connectivity index (χ0n) is 14.3. The molecule has 7 heteroatoms. The lowest BCUT2D eigenvalue weighted by Crippen LogP contribution is -2.38. The number of nitrogens with zero attached hydrogens (tertiary/aromatic N) is 3. The Labute approximate surface area is 139 Å². The SMILES string of the molecule is COC[C@H](C)N(C)C(=O)CCn1cnc2sc(C)c(C)c2c1=O. The van der Waals surface area contributed by atoms with Gasteiger partial charge in [0.1, 0.15) is 4.83 Å². The largest absolute Gasteiger partial charge is 0.383 e. The zero-order valence-corrected chi connectivity index (χ0v) is 15.1. The Morgan fingerprint density at radius 3 is 2.83 bits per heavy atom. The van der Waals surface area contributed by atoms with Crippen molar-refractivity contribution in [2.24, 2.45) is 0 Å². The van der Waals surface area contributed by atoms with Crippen LogP contribution in [0.4, 0.5) is 0 Å². The van der Waals surface area contributed by atoms with Crippen molar-refractivity contribution in [3.63, 3.8) is 0 Å². The van der Waals surface area contributed by atoms with Crippen molar-refractivity contribution >= 4 is 27.5 Å². The first-order valence-electron chi connectivity index (χ1n) is 7.56. The van der Waals surface area contributed by atoms with Crippen LogP contribution >= 0.6 is 11.3 Å². The van der Waals surface area contributed by atoms with Crippen molar-refractivity contribution in [1.29, 1.82) is 0 Å². The van der Waals surface area contributed by atoms with Crippen molar-refractivity contribution in [3.05, 3.63) is 27.1 Å². The molecule has 0 N–H and O–H groups in total. The maximum atomic E-state index is 12.6. The number of carbonyl (C=O) groups is 1. The van der Waals surface area contributed by atoms with Crippen molar-refractivity contribution < 1.29 is 9.53 Å². The monoisotopic (exact) mass is 337 g/mol. The first-order valence-corrected chi connectivity index (χ1v) is 8.38. The number of methoxy groups -OCH3 is 1. The number of amides is 1. The minimum absolute atomic E-state index is 0.00611. The molecule has 1 amide bonds. The number of fused-ring (bicyclic) bond motifs is 1. The number of hydrogen-bond donors (Lipinski definition) is 0. The van der Waals surface area contributed by atoms with Gasteiger partial charge in [-0.05, 0) is 26.3 Å². The molecule has 0 spiro atoms. The van der Waals surface area contributed by atoms with Gasteiger partial charge >= 0.3 is 0 Å². The van der Waals surface area contributed by atoms with Crippen LogP contribution in [-0.2, 0) is 16.1 Å². The molecule has 0 radical (unpaired) electrons. The van der Waals surface area contributed by atoms with Crippen molar-refractivity contribution in [2.75, 3.05) is 20.8 Å². The quantitative estimate of drug-likeness (QED) is 0.808. The summed E-state index contributed by atoms with van der Waals surface area (Å²) in [7, 11) is 3.36. The molecule has 6 nitrogen and oxygen atoms in total. The highest BCUT2D eigenvalue weighted by atomic mass is 32.1. The lowest BCUT2D eigenvalue weighted by Gasteiger charge is -2.24. The molecule has 0 bridgehead atoms. The van der Waals surface area contributed by atoms with Crippen LogP contribution in [0, 0.1) is 13.8 Å². The number of carbonyl (C=O) groups excluding carboxylic acids is 1. The fourth-order valence-electron chi connectivity index (χ4n) is 2.42. The molecule has 0 saturated carbocycles. The summed E-state index contributed by atoms with van der Waals surface area (Å²) in [6.45, 7) is 6.68. The number of aryl methyl sites for hydroxylation is 3. The van der Waals surface area contributed by atoms with E-state index in [9.17, 15) is 9.59 Å². The average Bonchev–Trinajstić information content (AvgIpc) is 2.81. The summed E-state index contributed by atoms with van der Waals surface area (Å²) in [6, 6.07) is 0.00611. The van der Waals surface area contributed by atoms with Crippen LogP contribution in [0.5, 0.6) is 0 Å². The van der Waals surface area contributed by atoms with Gasteiger partial charge in [-0.3, -0.25) is 14.2 Å². The number of hydrogen-bond acceptors (Lipinski definition) is 5. The fraction of sp³-hybridized carbons (Fsp3) is 0.562. The standard InChI is InChI=1S/C16H23N3O3S/c1-10(8-22-5)18(4)13(20)6-7-19-9-17-15-14(16(19)21)11(2)12(3)23-15/h9-10H,6-8H2,1-5H3/t10-/m0/s1. The molecule has 2 heterocycles. The number of thiophene rings is 1. The summed E-state index contributed by atoms with van der Waals surface area (Å²) in [5.41, 5.74) is 0.909. The Morgan fingerprint density at radius 1 is 1.48 bits per heavy atom. The Balaban J connectivity index is 2.14. The van der Waals surface area contributed by atoms with Gasteiger partial charge < -0.3 is 9.64 Å². The minimum atomic E-state index is -0.0720. The van der Waals surface area contributed by atoms with Crippen LogP contribution in [0.2, 0.25) is 0 Å². The molecular formula is C16H23N3O3S. The molecular weight excluding hydrogens is 314 g/mol. The summed E-state index contributed by atoms with van der Waals surface area (Å²) in [4.78, 5) is 32.6. The molecule has 0 aliphatic heterocycles. The van der Waals surface area contributed by atoms with E-state index >= 15 is 0 Å². The molecule has 0 aromatic carbocycles.